The van der Waals surface area contributed by atoms with Crippen LogP contribution in [0.5, 0.6) is 0 Å². The van der Waals surface area contributed by atoms with Gasteiger partial charge in [0.15, 0.2) is 0 Å². The van der Waals surface area contributed by atoms with Crippen molar-refractivity contribution in [1.82, 2.24) is 0 Å². The average molecular weight is 414 g/mol. The van der Waals surface area contributed by atoms with Gasteiger partial charge in [0.1, 0.15) is 0 Å². The summed E-state index contributed by atoms with van der Waals surface area (Å²) in [6, 6.07) is 26.5. The van der Waals surface area contributed by atoms with Gasteiger partial charge in [-0.25, -0.2) is 0 Å². The Bertz CT molecular complexity index is 1010. The Morgan fingerprint density at radius 2 is 1.33 bits per heavy atom. The van der Waals surface area contributed by atoms with Crippen molar-refractivity contribution in [2.24, 2.45) is 4.99 Å². The smallest absolute Gasteiger partial charge is 0.251 e. The minimum atomic E-state index is -0.929. The number of benzene rings is 3. The summed E-state index contributed by atoms with van der Waals surface area (Å²) in [7, 11) is 0.463. The SMILES string of the molecule is COC(=O)/C([C-]=Nc1c(C)cccc1C)=C(\C)P(c1ccccc1)c1ccccc1. The third-order valence-corrected chi connectivity index (χ3v) is 7.36. The van der Waals surface area contributed by atoms with Crippen LogP contribution in [0.2, 0.25) is 0 Å². The van der Waals surface area contributed by atoms with Crippen molar-refractivity contribution in [3.05, 3.63) is 101 Å². The van der Waals surface area contributed by atoms with Crippen molar-refractivity contribution in [2.45, 2.75) is 20.8 Å². The fraction of sp³-hybridized carbons (Fsp3) is 0.154. The van der Waals surface area contributed by atoms with Crippen LogP contribution in [0.15, 0.2) is 94.7 Å². The Morgan fingerprint density at radius 3 is 1.80 bits per heavy atom. The van der Waals surface area contributed by atoms with E-state index in [1.807, 2.05) is 75.4 Å². The minimum Gasteiger partial charge on any atom is -0.509 e. The molecule has 3 rings (SSSR count). The number of rotatable bonds is 6. The molecule has 152 valence electrons. The first-order chi connectivity index (χ1) is 14.5. The number of methoxy groups -OCH3 is 1. The van der Waals surface area contributed by atoms with Gasteiger partial charge in [-0.2, -0.15) is 0 Å². The highest BCUT2D eigenvalue weighted by molar-refractivity contribution is 7.76. The molecule has 0 heterocycles. The molecule has 0 N–H and O–H groups in total. The van der Waals surface area contributed by atoms with Crippen LogP contribution in [0.4, 0.5) is 5.69 Å². The molecule has 0 aliphatic carbocycles. The Hall–Kier alpha value is -3.03. The van der Waals surface area contributed by atoms with Gasteiger partial charge in [-0.15, -0.1) is 5.31 Å². The molecule has 0 saturated carbocycles. The number of aliphatic imine (C=N–C) groups is 1. The molecule has 0 amide bonds. The van der Waals surface area contributed by atoms with Crippen LogP contribution in [0.1, 0.15) is 18.1 Å². The second kappa shape index (κ2) is 10.1. The van der Waals surface area contributed by atoms with Gasteiger partial charge in [-0.05, 0) is 41.9 Å². The Kier molecular flexibility index (Phi) is 7.32. The molecule has 0 saturated heterocycles. The lowest BCUT2D eigenvalue weighted by molar-refractivity contribution is -0.135. The number of carbonyl (C=O) groups is 1. The predicted molar refractivity (Wildman–Crippen MR) is 127 cm³/mol. The molecule has 0 aromatic heterocycles. The van der Waals surface area contributed by atoms with E-state index < -0.39 is 13.9 Å². The second-order valence-corrected chi connectivity index (χ2v) is 9.30. The van der Waals surface area contributed by atoms with Crippen molar-refractivity contribution >= 4 is 36.4 Å². The number of hydrogen-bond donors (Lipinski definition) is 0. The van der Waals surface area contributed by atoms with E-state index in [-0.39, 0.29) is 0 Å². The van der Waals surface area contributed by atoms with Crippen LogP contribution in [-0.2, 0) is 9.53 Å². The van der Waals surface area contributed by atoms with Crippen LogP contribution in [0.3, 0.4) is 0 Å². The van der Waals surface area contributed by atoms with Crippen LogP contribution in [0, 0.1) is 13.8 Å². The maximum atomic E-state index is 12.7. The molecule has 0 aliphatic rings. The highest BCUT2D eigenvalue weighted by Gasteiger charge is 2.17. The number of allylic oxidation sites excluding steroid dienone is 1. The van der Waals surface area contributed by atoms with E-state index in [0.717, 1.165) is 32.7 Å². The lowest BCUT2D eigenvalue weighted by Gasteiger charge is -2.25. The summed E-state index contributed by atoms with van der Waals surface area (Å²) in [5.41, 5.74) is 3.28. The largest absolute Gasteiger partial charge is 0.509 e. The molecule has 0 unspecified atom stereocenters. The highest BCUT2D eigenvalue weighted by Crippen LogP contribution is 2.44. The summed E-state index contributed by atoms with van der Waals surface area (Å²) in [5, 5.41) is 3.22. The van der Waals surface area contributed by atoms with Gasteiger partial charge < -0.3 is 14.5 Å². The van der Waals surface area contributed by atoms with Crippen LogP contribution < -0.4 is 10.6 Å². The van der Waals surface area contributed by atoms with Gasteiger partial charge >= 0.3 is 0 Å². The van der Waals surface area contributed by atoms with Crippen molar-refractivity contribution in [3.63, 3.8) is 0 Å². The molecule has 3 nitrogen and oxygen atoms in total. The number of esters is 1. The van der Waals surface area contributed by atoms with Crippen molar-refractivity contribution < 1.29 is 9.53 Å². The van der Waals surface area contributed by atoms with E-state index in [4.69, 9.17) is 4.74 Å². The highest BCUT2D eigenvalue weighted by atomic mass is 31.1. The zero-order chi connectivity index (χ0) is 21.5. The lowest BCUT2D eigenvalue weighted by Crippen LogP contribution is -2.16. The number of ether oxygens (including phenoxy) is 1. The third-order valence-electron chi connectivity index (χ3n) is 4.83. The molecule has 0 bridgehead atoms. The molecule has 0 spiro atoms. The number of para-hydroxylation sites is 1. The molecule has 0 aliphatic heterocycles. The monoisotopic (exact) mass is 414 g/mol. The Balaban J connectivity index is 2.16. The summed E-state index contributed by atoms with van der Waals surface area (Å²) in [6.45, 7) is 5.98. The van der Waals surface area contributed by atoms with E-state index in [2.05, 4.69) is 35.5 Å². The summed E-state index contributed by atoms with van der Waals surface area (Å²) < 4.78 is 5.10. The summed E-state index contributed by atoms with van der Waals surface area (Å²) in [6.07, 6.45) is 3.03. The van der Waals surface area contributed by atoms with Gasteiger partial charge in [0.25, 0.3) is 5.97 Å². The first kappa shape index (κ1) is 21.7. The fourth-order valence-electron chi connectivity index (χ4n) is 3.27. The number of nitrogens with zero attached hydrogens (tertiary/aromatic N) is 1. The van der Waals surface area contributed by atoms with Crippen LogP contribution in [-0.4, -0.2) is 19.3 Å². The third kappa shape index (κ3) is 4.93. The first-order valence-corrected chi connectivity index (χ1v) is 11.1. The molecule has 4 heteroatoms. The van der Waals surface area contributed by atoms with Gasteiger partial charge in [-0.1, -0.05) is 105 Å². The zero-order valence-corrected chi connectivity index (χ0v) is 18.6. The Morgan fingerprint density at radius 1 is 0.833 bits per heavy atom. The van der Waals surface area contributed by atoms with Gasteiger partial charge in [0.2, 0.25) is 0 Å². The Labute approximate surface area is 179 Å². The van der Waals surface area contributed by atoms with E-state index in [9.17, 15) is 4.79 Å². The van der Waals surface area contributed by atoms with Gasteiger partial charge in [-0.3, -0.25) is 0 Å². The molecular formula is C26H25NO2P-. The number of hydrogen-bond acceptors (Lipinski definition) is 3. The molecule has 3 aromatic carbocycles. The first-order valence-electron chi connectivity index (χ1n) is 9.75. The maximum Gasteiger partial charge on any atom is 0.251 e. The number of aryl methyl sites for hydroxylation is 2. The van der Waals surface area contributed by atoms with Gasteiger partial charge in [0.05, 0.1) is 7.11 Å². The average Bonchev–Trinajstić information content (AvgIpc) is 2.77. The van der Waals surface area contributed by atoms with Crippen molar-refractivity contribution in [3.8, 4) is 0 Å². The van der Waals surface area contributed by atoms with E-state index >= 15 is 0 Å². The zero-order valence-electron chi connectivity index (χ0n) is 17.7. The van der Waals surface area contributed by atoms with E-state index in [0.29, 0.717) is 5.57 Å². The summed E-state index contributed by atoms with van der Waals surface area (Å²) in [5.74, 6) is -0.429. The molecule has 0 atom stereocenters. The summed E-state index contributed by atoms with van der Waals surface area (Å²) in [4.78, 5) is 17.3. The summed E-state index contributed by atoms with van der Waals surface area (Å²) >= 11 is 0. The van der Waals surface area contributed by atoms with Crippen LogP contribution in [0.25, 0.3) is 0 Å². The topological polar surface area (TPSA) is 38.7 Å². The van der Waals surface area contributed by atoms with E-state index in [1.54, 1.807) is 0 Å². The van der Waals surface area contributed by atoms with Crippen molar-refractivity contribution in [1.29, 1.82) is 0 Å². The van der Waals surface area contributed by atoms with E-state index in [1.165, 1.54) is 7.11 Å². The molecule has 3 aromatic rings. The predicted octanol–water partition coefficient (Wildman–Crippen LogP) is 5.46. The minimum absolute atomic E-state index is 0.374. The van der Waals surface area contributed by atoms with Crippen molar-refractivity contribution in [2.75, 3.05) is 7.11 Å². The lowest BCUT2D eigenvalue weighted by atomic mass is 10.1. The normalized spacial score (nSPS) is 12.2. The molecule has 0 fully saturated rings. The van der Waals surface area contributed by atoms with Crippen LogP contribution >= 0.6 is 7.92 Å². The fourth-order valence-corrected chi connectivity index (χ4v) is 5.65. The number of carbonyl (C=O) groups excluding carboxylic acids is 1. The standard InChI is InChI=1S/C26H25NO2P/c1-19-12-11-13-20(2)25(19)27-18-24(26(28)29-4)21(3)30(22-14-7-5-8-15-22)23-16-9-6-10-17-23/h5-17H,1-4H3/q-1/b24-21+. The maximum absolute atomic E-state index is 12.7. The quantitative estimate of drug-likeness (QED) is 0.177. The van der Waals surface area contributed by atoms with Gasteiger partial charge in [0, 0.05) is 0 Å². The molecule has 30 heavy (non-hydrogen) atoms. The molecule has 0 radical (unpaired) electrons. The molecular weight excluding hydrogens is 389 g/mol. The second-order valence-electron chi connectivity index (χ2n) is 6.92.